The molecule has 92 valence electrons. The first-order valence-electron chi connectivity index (χ1n) is 5.61. The minimum atomic E-state index is -0.945. The van der Waals surface area contributed by atoms with Crippen LogP contribution in [0.15, 0.2) is 10.2 Å². The topological polar surface area (TPSA) is 88.1 Å². The van der Waals surface area contributed by atoms with E-state index in [4.69, 9.17) is 5.73 Å². The van der Waals surface area contributed by atoms with E-state index in [9.17, 15) is 9.59 Å². The second kappa shape index (κ2) is 8.82. The van der Waals surface area contributed by atoms with Gasteiger partial charge in [-0.05, 0) is 12.8 Å². The number of nitrogens with two attached hydrogens (primary N) is 1. The molecule has 0 radical (unpaired) electrons. The van der Waals surface area contributed by atoms with Gasteiger partial charge in [0.05, 0.1) is 0 Å². The van der Waals surface area contributed by atoms with Crippen LogP contribution in [-0.4, -0.2) is 30.1 Å². The number of amides is 4. The third-order valence-corrected chi connectivity index (χ3v) is 2.07. The van der Waals surface area contributed by atoms with Gasteiger partial charge in [-0.2, -0.15) is 0 Å². The molecule has 0 aromatic heterocycles. The Morgan fingerprint density at radius 1 is 1.06 bits per heavy atom. The summed E-state index contributed by atoms with van der Waals surface area (Å²) in [6.07, 6.45) is 3.84. The molecular formula is C10H20N4O2. The quantitative estimate of drug-likeness (QED) is 0.708. The maximum absolute atomic E-state index is 11.5. The standard InChI is InChI=1S/C10H20N4O2/c1-3-5-7-14(8-6-4-2)10(16)13-12-9(11)15/h3-8H2,1-2H3,(H2,11,15). The number of hydrogen-bond donors (Lipinski definition) is 1. The van der Waals surface area contributed by atoms with Crippen LogP contribution in [0.4, 0.5) is 9.59 Å². The first-order chi connectivity index (χ1) is 7.61. The fourth-order valence-corrected chi connectivity index (χ4v) is 1.16. The lowest BCUT2D eigenvalue weighted by atomic mass is 10.3. The van der Waals surface area contributed by atoms with Crippen molar-refractivity contribution in [1.82, 2.24) is 4.90 Å². The van der Waals surface area contributed by atoms with Crippen molar-refractivity contribution in [2.75, 3.05) is 13.1 Å². The fourth-order valence-electron chi connectivity index (χ4n) is 1.16. The van der Waals surface area contributed by atoms with Crippen LogP contribution in [0.25, 0.3) is 0 Å². The SMILES string of the molecule is CCCCN(CCCC)C(=O)N=NC(N)=O. The van der Waals surface area contributed by atoms with E-state index in [2.05, 4.69) is 10.2 Å². The zero-order chi connectivity index (χ0) is 12.4. The van der Waals surface area contributed by atoms with Crippen LogP contribution in [0.2, 0.25) is 0 Å². The molecule has 0 heterocycles. The van der Waals surface area contributed by atoms with Gasteiger partial charge in [-0.25, -0.2) is 9.59 Å². The van der Waals surface area contributed by atoms with Gasteiger partial charge in [0.25, 0.3) is 0 Å². The fraction of sp³-hybridized carbons (Fsp3) is 0.800. The molecule has 2 N–H and O–H groups in total. The van der Waals surface area contributed by atoms with E-state index in [1.54, 1.807) is 4.90 Å². The highest BCUT2D eigenvalue weighted by Gasteiger charge is 2.11. The summed E-state index contributed by atoms with van der Waals surface area (Å²) in [7, 11) is 0. The van der Waals surface area contributed by atoms with Gasteiger partial charge in [-0.15, -0.1) is 0 Å². The molecule has 6 nitrogen and oxygen atoms in total. The molecule has 0 spiro atoms. The minimum Gasteiger partial charge on any atom is -0.348 e. The molecule has 0 atom stereocenters. The van der Waals surface area contributed by atoms with E-state index in [0.29, 0.717) is 13.1 Å². The van der Waals surface area contributed by atoms with Gasteiger partial charge in [-0.1, -0.05) is 36.9 Å². The third-order valence-electron chi connectivity index (χ3n) is 2.07. The average molecular weight is 228 g/mol. The molecule has 0 saturated heterocycles. The normalized spacial score (nSPS) is 10.6. The lowest BCUT2D eigenvalue weighted by Crippen LogP contribution is -2.30. The largest absolute Gasteiger partial charge is 0.362 e. The Morgan fingerprint density at radius 3 is 1.94 bits per heavy atom. The molecule has 0 aliphatic rings. The summed E-state index contributed by atoms with van der Waals surface area (Å²) in [6, 6.07) is -1.43. The van der Waals surface area contributed by atoms with Crippen molar-refractivity contribution >= 4 is 12.1 Å². The van der Waals surface area contributed by atoms with Gasteiger partial charge in [0.15, 0.2) is 0 Å². The number of unbranched alkanes of at least 4 members (excludes halogenated alkanes) is 2. The molecule has 0 bridgehead atoms. The summed E-state index contributed by atoms with van der Waals surface area (Å²) in [4.78, 5) is 23.5. The highest BCUT2D eigenvalue weighted by Crippen LogP contribution is 2.02. The van der Waals surface area contributed by atoms with Gasteiger partial charge in [0.2, 0.25) is 0 Å². The molecule has 16 heavy (non-hydrogen) atoms. The van der Waals surface area contributed by atoms with Gasteiger partial charge < -0.3 is 10.6 Å². The monoisotopic (exact) mass is 228 g/mol. The summed E-state index contributed by atoms with van der Waals surface area (Å²) in [5, 5.41) is 6.30. The summed E-state index contributed by atoms with van der Waals surface area (Å²) in [5.74, 6) is 0. The maximum atomic E-state index is 11.5. The van der Waals surface area contributed by atoms with Crippen molar-refractivity contribution in [1.29, 1.82) is 0 Å². The van der Waals surface area contributed by atoms with Gasteiger partial charge in [-0.3, -0.25) is 0 Å². The van der Waals surface area contributed by atoms with Gasteiger partial charge in [0, 0.05) is 13.1 Å². The number of azo groups is 1. The smallest absolute Gasteiger partial charge is 0.348 e. The third kappa shape index (κ3) is 6.92. The second-order valence-electron chi connectivity index (χ2n) is 3.51. The second-order valence-corrected chi connectivity index (χ2v) is 3.51. The Labute approximate surface area is 95.9 Å². The van der Waals surface area contributed by atoms with Crippen molar-refractivity contribution in [3.63, 3.8) is 0 Å². The molecule has 0 aromatic carbocycles. The van der Waals surface area contributed by atoms with Gasteiger partial charge >= 0.3 is 12.1 Å². The first kappa shape index (κ1) is 14.5. The lowest BCUT2D eigenvalue weighted by molar-refractivity contribution is 0.203. The summed E-state index contributed by atoms with van der Waals surface area (Å²) < 4.78 is 0. The number of hydrogen-bond acceptors (Lipinski definition) is 2. The van der Waals surface area contributed by atoms with E-state index < -0.39 is 12.1 Å². The van der Waals surface area contributed by atoms with Gasteiger partial charge in [0.1, 0.15) is 0 Å². The van der Waals surface area contributed by atoms with Crippen LogP contribution in [0, 0.1) is 0 Å². The van der Waals surface area contributed by atoms with E-state index in [1.807, 2.05) is 13.8 Å². The number of urea groups is 2. The zero-order valence-electron chi connectivity index (χ0n) is 9.98. The Balaban J connectivity index is 4.24. The van der Waals surface area contributed by atoms with Crippen molar-refractivity contribution in [2.24, 2.45) is 16.0 Å². The number of carbonyl (C=O) groups excluding carboxylic acids is 2. The molecule has 6 heteroatoms. The van der Waals surface area contributed by atoms with E-state index >= 15 is 0 Å². The van der Waals surface area contributed by atoms with Crippen LogP contribution in [0.5, 0.6) is 0 Å². The van der Waals surface area contributed by atoms with Crippen LogP contribution < -0.4 is 5.73 Å². The highest BCUT2D eigenvalue weighted by molar-refractivity contribution is 5.78. The number of nitrogens with zero attached hydrogens (tertiary/aromatic N) is 3. The predicted molar refractivity (Wildman–Crippen MR) is 61.2 cm³/mol. The molecule has 0 unspecified atom stereocenters. The van der Waals surface area contributed by atoms with Crippen LogP contribution in [0.1, 0.15) is 39.5 Å². The molecule has 0 aromatic rings. The van der Waals surface area contributed by atoms with Crippen molar-refractivity contribution in [3.05, 3.63) is 0 Å². The summed E-state index contributed by atoms with van der Waals surface area (Å²) >= 11 is 0. The summed E-state index contributed by atoms with van der Waals surface area (Å²) in [6.45, 7) is 5.39. The Bertz CT molecular complexity index is 245. The van der Waals surface area contributed by atoms with Crippen LogP contribution in [-0.2, 0) is 0 Å². The number of rotatable bonds is 6. The Hall–Kier alpha value is -1.46. The number of carbonyl (C=O) groups is 2. The van der Waals surface area contributed by atoms with E-state index in [0.717, 1.165) is 25.7 Å². The van der Waals surface area contributed by atoms with E-state index in [1.165, 1.54) is 0 Å². The molecule has 0 saturated carbocycles. The van der Waals surface area contributed by atoms with Crippen LogP contribution >= 0.6 is 0 Å². The molecule has 4 amide bonds. The lowest BCUT2D eigenvalue weighted by Gasteiger charge is -2.18. The van der Waals surface area contributed by atoms with Crippen molar-refractivity contribution < 1.29 is 9.59 Å². The average Bonchev–Trinajstić information content (AvgIpc) is 2.26. The molecule has 0 aliphatic heterocycles. The predicted octanol–water partition coefficient (Wildman–Crippen LogP) is 2.54. The van der Waals surface area contributed by atoms with Crippen molar-refractivity contribution in [3.8, 4) is 0 Å². The first-order valence-corrected chi connectivity index (χ1v) is 5.61. The molecule has 0 fully saturated rings. The molecular weight excluding hydrogens is 208 g/mol. The zero-order valence-corrected chi connectivity index (χ0v) is 9.98. The van der Waals surface area contributed by atoms with E-state index in [-0.39, 0.29) is 0 Å². The number of primary amides is 1. The van der Waals surface area contributed by atoms with Crippen molar-refractivity contribution in [2.45, 2.75) is 39.5 Å². The highest BCUT2D eigenvalue weighted by atomic mass is 16.2. The summed E-state index contributed by atoms with van der Waals surface area (Å²) in [5.41, 5.74) is 4.77. The molecule has 0 rings (SSSR count). The maximum Gasteiger partial charge on any atom is 0.362 e. The minimum absolute atomic E-state index is 0.485. The Kier molecular flexibility index (Phi) is 8.01. The Morgan fingerprint density at radius 2 is 1.56 bits per heavy atom. The molecule has 0 aliphatic carbocycles. The van der Waals surface area contributed by atoms with Crippen LogP contribution in [0.3, 0.4) is 0 Å².